The molecule has 0 aliphatic carbocycles. The number of nitrogens with one attached hydrogen (secondary N) is 1. The second-order valence-corrected chi connectivity index (χ2v) is 4.29. The summed E-state index contributed by atoms with van der Waals surface area (Å²) in [5, 5.41) is 12.0. The molecule has 0 heterocycles. The van der Waals surface area contributed by atoms with E-state index in [9.17, 15) is 8.78 Å². The van der Waals surface area contributed by atoms with Crippen molar-refractivity contribution < 1.29 is 8.78 Å². The van der Waals surface area contributed by atoms with Crippen LogP contribution in [0.5, 0.6) is 0 Å². The Hall–Kier alpha value is -2.12. The molecule has 1 atom stereocenters. The van der Waals surface area contributed by atoms with Gasteiger partial charge in [0, 0.05) is 5.69 Å². The largest absolute Gasteiger partial charge is 0.366 e. The minimum absolute atomic E-state index is 0.0429. The third kappa shape index (κ3) is 3.21. The maximum Gasteiger partial charge on any atom is 0.141 e. The molecular formula is C14H9ClF2N2. The zero-order valence-corrected chi connectivity index (χ0v) is 10.5. The Morgan fingerprint density at radius 2 is 1.79 bits per heavy atom. The molecule has 0 aromatic heterocycles. The molecule has 1 unspecified atom stereocenters. The van der Waals surface area contributed by atoms with Crippen molar-refractivity contribution in [3.63, 3.8) is 0 Å². The SMILES string of the molecule is N#CC(Nc1ccc(F)cc1)c1ccc(F)c(Cl)c1. The van der Waals surface area contributed by atoms with Gasteiger partial charge in [0.1, 0.15) is 17.7 Å². The number of rotatable bonds is 3. The molecule has 0 saturated carbocycles. The molecule has 19 heavy (non-hydrogen) atoms. The van der Waals surface area contributed by atoms with Crippen molar-refractivity contribution in [3.8, 4) is 6.07 Å². The predicted molar refractivity (Wildman–Crippen MR) is 69.8 cm³/mol. The second kappa shape index (κ2) is 5.68. The Bertz CT molecular complexity index is 620. The molecule has 0 saturated heterocycles. The summed E-state index contributed by atoms with van der Waals surface area (Å²) < 4.78 is 25.8. The smallest absolute Gasteiger partial charge is 0.141 e. The molecule has 0 spiro atoms. The first-order chi connectivity index (χ1) is 9.10. The Morgan fingerprint density at radius 3 is 2.37 bits per heavy atom. The van der Waals surface area contributed by atoms with Crippen molar-refractivity contribution in [2.24, 2.45) is 0 Å². The normalized spacial score (nSPS) is 11.7. The Balaban J connectivity index is 2.23. The molecule has 0 aliphatic rings. The van der Waals surface area contributed by atoms with E-state index in [1.54, 1.807) is 0 Å². The first-order valence-electron chi connectivity index (χ1n) is 5.47. The molecule has 2 aromatic rings. The number of nitrogens with zero attached hydrogens (tertiary/aromatic N) is 1. The van der Waals surface area contributed by atoms with Crippen molar-refractivity contribution in [2.75, 3.05) is 5.32 Å². The average molecular weight is 279 g/mol. The van der Waals surface area contributed by atoms with E-state index >= 15 is 0 Å². The van der Waals surface area contributed by atoms with E-state index in [-0.39, 0.29) is 10.8 Å². The first-order valence-corrected chi connectivity index (χ1v) is 5.84. The van der Waals surface area contributed by atoms with Gasteiger partial charge >= 0.3 is 0 Å². The number of anilines is 1. The lowest BCUT2D eigenvalue weighted by Gasteiger charge is -2.13. The number of hydrogen-bond acceptors (Lipinski definition) is 2. The monoisotopic (exact) mass is 278 g/mol. The van der Waals surface area contributed by atoms with Crippen LogP contribution in [0.15, 0.2) is 42.5 Å². The lowest BCUT2D eigenvalue weighted by Crippen LogP contribution is -2.08. The van der Waals surface area contributed by atoms with E-state index in [1.807, 2.05) is 6.07 Å². The van der Waals surface area contributed by atoms with Crippen LogP contribution in [0, 0.1) is 23.0 Å². The minimum Gasteiger partial charge on any atom is -0.366 e. The minimum atomic E-state index is -0.691. The maximum absolute atomic E-state index is 13.1. The van der Waals surface area contributed by atoms with Crippen LogP contribution in [0.3, 0.4) is 0 Å². The van der Waals surface area contributed by atoms with Crippen molar-refractivity contribution in [1.29, 1.82) is 5.26 Å². The molecule has 0 radical (unpaired) electrons. The van der Waals surface area contributed by atoms with E-state index in [2.05, 4.69) is 5.32 Å². The summed E-state index contributed by atoms with van der Waals surface area (Å²) in [7, 11) is 0. The molecular weight excluding hydrogens is 270 g/mol. The van der Waals surface area contributed by atoms with Gasteiger partial charge in [-0.05, 0) is 42.0 Å². The third-order valence-electron chi connectivity index (χ3n) is 2.56. The molecule has 0 amide bonds. The fraction of sp³-hybridized carbons (Fsp3) is 0.0714. The topological polar surface area (TPSA) is 35.8 Å². The maximum atomic E-state index is 13.1. The fourth-order valence-corrected chi connectivity index (χ4v) is 1.78. The lowest BCUT2D eigenvalue weighted by atomic mass is 10.1. The van der Waals surface area contributed by atoms with Crippen molar-refractivity contribution in [2.45, 2.75) is 6.04 Å². The summed E-state index contributed by atoms with van der Waals surface area (Å²) in [6.45, 7) is 0. The number of hydrogen-bond donors (Lipinski definition) is 1. The molecule has 2 rings (SSSR count). The predicted octanol–water partition coefficient (Wildman–Crippen LogP) is 4.29. The van der Waals surface area contributed by atoms with E-state index in [1.165, 1.54) is 42.5 Å². The van der Waals surface area contributed by atoms with Gasteiger partial charge in [0.25, 0.3) is 0 Å². The van der Waals surface area contributed by atoms with Gasteiger partial charge in [0.15, 0.2) is 0 Å². The lowest BCUT2D eigenvalue weighted by molar-refractivity contribution is 0.626. The van der Waals surface area contributed by atoms with E-state index in [0.29, 0.717) is 11.3 Å². The summed E-state index contributed by atoms with van der Waals surface area (Å²) in [6, 6.07) is 11.0. The average Bonchev–Trinajstić information content (AvgIpc) is 2.41. The summed E-state index contributed by atoms with van der Waals surface area (Å²) in [6.07, 6.45) is 0. The van der Waals surface area contributed by atoms with Gasteiger partial charge in [0.2, 0.25) is 0 Å². The van der Waals surface area contributed by atoms with Gasteiger partial charge in [-0.1, -0.05) is 17.7 Å². The molecule has 96 valence electrons. The van der Waals surface area contributed by atoms with Crippen LogP contribution < -0.4 is 5.32 Å². The molecule has 0 bridgehead atoms. The fourth-order valence-electron chi connectivity index (χ4n) is 1.59. The quantitative estimate of drug-likeness (QED) is 0.909. The van der Waals surface area contributed by atoms with Gasteiger partial charge in [-0.15, -0.1) is 0 Å². The van der Waals surface area contributed by atoms with Gasteiger partial charge in [-0.3, -0.25) is 0 Å². The van der Waals surface area contributed by atoms with Crippen molar-refractivity contribution >= 4 is 17.3 Å². The Labute approximate surface area is 114 Å². The highest BCUT2D eigenvalue weighted by atomic mass is 35.5. The Morgan fingerprint density at radius 1 is 1.11 bits per heavy atom. The Kier molecular flexibility index (Phi) is 3.98. The molecule has 2 aromatic carbocycles. The summed E-state index contributed by atoms with van der Waals surface area (Å²) in [4.78, 5) is 0. The van der Waals surface area contributed by atoms with Crippen LogP contribution in [0.4, 0.5) is 14.5 Å². The number of nitriles is 1. The van der Waals surface area contributed by atoms with Gasteiger partial charge in [0.05, 0.1) is 11.1 Å². The highest BCUT2D eigenvalue weighted by Gasteiger charge is 2.12. The number of halogens is 3. The third-order valence-corrected chi connectivity index (χ3v) is 2.85. The zero-order chi connectivity index (χ0) is 13.8. The van der Waals surface area contributed by atoms with Crippen molar-refractivity contribution in [1.82, 2.24) is 0 Å². The highest BCUT2D eigenvalue weighted by molar-refractivity contribution is 6.30. The van der Waals surface area contributed by atoms with E-state index < -0.39 is 11.9 Å². The van der Waals surface area contributed by atoms with Crippen LogP contribution in [-0.4, -0.2) is 0 Å². The van der Waals surface area contributed by atoms with Crippen LogP contribution in [0.1, 0.15) is 11.6 Å². The van der Waals surface area contributed by atoms with Crippen LogP contribution in [0.2, 0.25) is 5.02 Å². The first kappa shape index (κ1) is 13.3. The summed E-state index contributed by atoms with van der Waals surface area (Å²) in [5.74, 6) is -0.896. The van der Waals surface area contributed by atoms with Gasteiger partial charge in [-0.2, -0.15) is 5.26 Å². The highest BCUT2D eigenvalue weighted by Crippen LogP contribution is 2.23. The van der Waals surface area contributed by atoms with E-state index in [0.717, 1.165) is 0 Å². The molecule has 1 N–H and O–H groups in total. The molecule has 0 aliphatic heterocycles. The van der Waals surface area contributed by atoms with Crippen LogP contribution in [0.25, 0.3) is 0 Å². The van der Waals surface area contributed by atoms with Gasteiger partial charge in [-0.25, -0.2) is 8.78 Å². The molecule has 2 nitrogen and oxygen atoms in total. The standard InChI is InChI=1S/C14H9ClF2N2/c15-12-7-9(1-6-13(12)17)14(8-18)19-11-4-2-10(16)3-5-11/h1-7,14,19H. The van der Waals surface area contributed by atoms with Crippen molar-refractivity contribution in [3.05, 3.63) is 64.7 Å². The zero-order valence-electron chi connectivity index (χ0n) is 9.70. The van der Waals surface area contributed by atoms with Gasteiger partial charge < -0.3 is 5.32 Å². The number of benzene rings is 2. The van der Waals surface area contributed by atoms with Crippen LogP contribution >= 0.6 is 11.6 Å². The molecule has 5 heteroatoms. The summed E-state index contributed by atoms with van der Waals surface area (Å²) in [5.41, 5.74) is 1.13. The van der Waals surface area contributed by atoms with Crippen LogP contribution in [-0.2, 0) is 0 Å². The summed E-state index contributed by atoms with van der Waals surface area (Å²) >= 11 is 5.68. The second-order valence-electron chi connectivity index (χ2n) is 3.89. The molecule has 0 fully saturated rings. The van der Waals surface area contributed by atoms with E-state index in [4.69, 9.17) is 16.9 Å².